The van der Waals surface area contributed by atoms with Crippen LogP contribution in [-0.4, -0.2) is 31.2 Å². The van der Waals surface area contributed by atoms with E-state index in [2.05, 4.69) is 27.8 Å². The molecule has 1 unspecified atom stereocenters. The highest BCUT2D eigenvalue weighted by atomic mass is 15.3. The van der Waals surface area contributed by atoms with E-state index in [1.54, 1.807) is 0 Å². The highest BCUT2D eigenvalue weighted by molar-refractivity contribution is 4.46. The lowest BCUT2D eigenvalue weighted by Gasteiger charge is -2.33. The van der Waals surface area contributed by atoms with Crippen LogP contribution in [0.15, 0.2) is 0 Å². The zero-order valence-corrected chi connectivity index (χ0v) is 12.9. The van der Waals surface area contributed by atoms with Crippen LogP contribution in [0.5, 0.6) is 0 Å². The number of quaternary nitrogens is 1. The molecule has 1 atom stereocenters. The minimum Gasteiger partial charge on any atom is -0.326 e. The lowest BCUT2D eigenvalue weighted by Crippen LogP contribution is -2.45. The van der Waals surface area contributed by atoms with Gasteiger partial charge in [0.25, 0.3) is 0 Å². The molecule has 0 aliphatic rings. The summed E-state index contributed by atoms with van der Waals surface area (Å²) in [5.74, 6) is 0. The second-order valence-corrected chi connectivity index (χ2v) is 5.86. The maximum absolute atomic E-state index is 2.45. The standard InChI is InChI=1S/C16H36N/c1-5-8-10-11-12-14-16-17(4,7-3)15-13-9-6-2/h5-16H2,1-4H3/q+1. The zero-order chi connectivity index (χ0) is 13.0. The van der Waals surface area contributed by atoms with Crippen LogP contribution in [0.3, 0.4) is 0 Å². The number of hydrogen-bond donors (Lipinski definition) is 0. The monoisotopic (exact) mass is 242 g/mol. The molecular formula is C16H36N+. The van der Waals surface area contributed by atoms with Crippen molar-refractivity contribution in [3.05, 3.63) is 0 Å². The minimum atomic E-state index is 1.30. The summed E-state index contributed by atoms with van der Waals surface area (Å²) in [6, 6.07) is 0. The fourth-order valence-corrected chi connectivity index (χ4v) is 2.45. The van der Waals surface area contributed by atoms with Gasteiger partial charge >= 0.3 is 0 Å². The molecule has 0 aromatic heterocycles. The molecule has 0 amide bonds. The van der Waals surface area contributed by atoms with Crippen LogP contribution in [0.1, 0.15) is 78.6 Å². The fraction of sp³-hybridized carbons (Fsp3) is 1.00. The lowest BCUT2D eigenvalue weighted by molar-refractivity contribution is -0.908. The van der Waals surface area contributed by atoms with Gasteiger partial charge in [-0.15, -0.1) is 0 Å². The molecule has 0 heterocycles. The first-order valence-corrected chi connectivity index (χ1v) is 8.02. The average Bonchev–Trinajstić information content (AvgIpc) is 2.34. The van der Waals surface area contributed by atoms with Crippen molar-refractivity contribution in [1.82, 2.24) is 0 Å². The van der Waals surface area contributed by atoms with Crippen molar-refractivity contribution < 1.29 is 4.48 Å². The maximum atomic E-state index is 2.45. The predicted molar refractivity (Wildman–Crippen MR) is 79.4 cm³/mol. The van der Waals surface area contributed by atoms with Crippen LogP contribution in [0, 0.1) is 0 Å². The van der Waals surface area contributed by atoms with Crippen molar-refractivity contribution in [1.29, 1.82) is 0 Å². The SMILES string of the molecule is CCCCCCCC[N+](C)(CC)CCCCC. The third-order valence-corrected chi connectivity index (χ3v) is 4.12. The van der Waals surface area contributed by atoms with Gasteiger partial charge in [-0.2, -0.15) is 0 Å². The summed E-state index contributed by atoms with van der Waals surface area (Å²) in [5, 5.41) is 0. The molecule has 0 saturated heterocycles. The molecule has 0 spiro atoms. The van der Waals surface area contributed by atoms with E-state index in [-0.39, 0.29) is 0 Å². The summed E-state index contributed by atoms with van der Waals surface area (Å²) in [6.07, 6.45) is 12.7. The van der Waals surface area contributed by atoms with E-state index in [9.17, 15) is 0 Å². The molecule has 0 aliphatic heterocycles. The quantitative estimate of drug-likeness (QED) is 0.333. The molecule has 17 heavy (non-hydrogen) atoms. The Morgan fingerprint density at radius 1 is 0.588 bits per heavy atom. The van der Waals surface area contributed by atoms with Crippen LogP contribution in [0.4, 0.5) is 0 Å². The Balaban J connectivity index is 3.57. The van der Waals surface area contributed by atoms with E-state index in [1.165, 1.54) is 81.9 Å². The Morgan fingerprint density at radius 3 is 1.53 bits per heavy atom. The van der Waals surface area contributed by atoms with E-state index in [4.69, 9.17) is 0 Å². The van der Waals surface area contributed by atoms with Gasteiger partial charge in [-0.25, -0.2) is 0 Å². The van der Waals surface area contributed by atoms with Crippen molar-refractivity contribution in [2.75, 3.05) is 26.7 Å². The molecule has 104 valence electrons. The van der Waals surface area contributed by atoms with Crippen molar-refractivity contribution in [2.45, 2.75) is 78.6 Å². The van der Waals surface area contributed by atoms with Gasteiger partial charge in [0, 0.05) is 0 Å². The topological polar surface area (TPSA) is 0 Å². The molecule has 0 bridgehead atoms. The van der Waals surface area contributed by atoms with Crippen molar-refractivity contribution >= 4 is 0 Å². The summed E-state index contributed by atoms with van der Waals surface area (Å²) in [4.78, 5) is 0. The van der Waals surface area contributed by atoms with Gasteiger partial charge < -0.3 is 4.48 Å². The number of rotatable bonds is 12. The Kier molecular flexibility index (Phi) is 11.0. The normalized spacial score (nSPS) is 14.8. The summed E-state index contributed by atoms with van der Waals surface area (Å²) in [7, 11) is 2.45. The van der Waals surface area contributed by atoms with Gasteiger partial charge in [-0.1, -0.05) is 46.0 Å². The first-order valence-electron chi connectivity index (χ1n) is 8.02. The largest absolute Gasteiger partial charge is 0.326 e. The van der Waals surface area contributed by atoms with Crippen molar-refractivity contribution in [3.8, 4) is 0 Å². The van der Waals surface area contributed by atoms with E-state index >= 15 is 0 Å². The van der Waals surface area contributed by atoms with Crippen LogP contribution in [0.2, 0.25) is 0 Å². The second kappa shape index (κ2) is 11.1. The van der Waals surface area contributed by atoms with E-state index < -0.39 is 0 Å². The predicted octanol–water partition coefficient (Wildman–Crippen LogP) is 5.00. The summed E-state index contributed by atoms with van der Waals surface area (Å²) < 4.78 is 1.30. The van der Waals surface area contributed by atoms with Gasteiger partial charge in [0.1, 0.15) is 0 Å². The molecule has 1 nitrogen and oxygen atoms in total. The average molecular weight is 242 g/mol. The van der Waals surface area contributed by atoms with Gasteiger partial charge in [0.2, 0.25) is 0 Å². The number of hydrogen-bond acceptors (Lipinski definition) is 0. The molecule has 0 radical (unpaired) electrons. The molecule has 0 aliphatic carbocycles. The molecular weight excluding hydrogens is 206 g/mol. The third-order valence-electron chi connectivity index (χ3n) is 4.12. The van der Waals surface area contributed by atoms with E-state index in [0.717, 1.165) is 0 Å². The third kappa shape index (κ3) is 9.64. The molecule has 1 heteroatoms. The number of unbranched alkanes of at least 4 members (excludes halogenated alkanes) is 7. The Labute approximate surface area is 110 Å². The molecule has 0 N–H and O–H groups in total. The summed E-state index contributed by atoms with van der Waals surface area (Å²) in [5.41, 5.74) is 0. The highest BCUT2D eigenvalue weighted by Crippen LogP contribution is 2.11. The van der Waals surface area contributed by atoms with Gasteiger partial charge in [0.05, 0.1) is 26.7 Å². The smallest absolute Gasteiger partial charge is 0.0784 e. The molecule has 0 rings (SSSR count). The van der Waals surface area contributed by atoms with Crippen LogP contribution >= 0.6 is 0 Å². The minimum absolute atomic E-state index is 1.30. The molecule has 0 aromatic rings. The van der Waals surface area contributed by atoms with Gasteiger partial charge in [0.15, 0.2) is 0 Å². The molecule has 0 saturated carbocycles. The Hall–Kier alpha value is -0.0400. The van der Waals surface area contributed by atoms with Crippen molar-refractivity contribution in [3.63, 3.8) is 0 Å². The Morgan fingerprint density at radius 2 is 1.00 bits per heavy atom. The highest BCUT2D eigenvalue weighted by Gasteiger charge is 2.17. The number of nitrogens with zero attached hydrogens (tertiary/aromatic N) is 1. The zero-order valence-electron chi connectivity index (χ0n) is 12.9. The summed E-state index contributed by atoms with van der Waals surface area (Å²) in [6.45, 7) is 11.0. The first kappa shape index (κ1) is 17.0. The van der Waals surface area contributed by atoms with Gasteiger partial charge in [-0.05, 0) is 32.6 Å². The fourth-order valence-electron chi connectivity index (χ4n) is 2.45. The van der Waals surface area contributed by atoms with Crippen LogP contribution < -0.4 is 0 Å². The summed E-state index contributed by atoms with van der Waals surface area (Å²) >= 11 is 0. The van der Waals surface area contributed by atoms with Crippen LogP contribution in [-0.2, 0) is 0 Å². The molecule has 0 aromatic carbocycles. The van der Waals surface area contributed by atoms with Gasteiger partial charge in [-0.3, -0.25) is 0 Å². The first-order chi connectivity index (χ1) is 8.18. The maximum Gasteiger partial charge on any atom is 0.0784 e. The van der Waals surface area contributed by atoms with E-state index in [0.29, 0.717) is 0 Å². The Bertz CT molecular complexity index is 156. The lowest BCUT2D eigenvalue weighted by atomic mass is 10.1. The molecule has 0 fully saturated rings. The van der Waals surface area contributed by atoms with Crippen LogP contribution in [0.25, 0.3) is 0 Å². The second-order valence-electron chi connectivity index (χ2n) is 5.86. The van der Waals surface area contributed by atoms with Crippen molar-refractivity contribution in [2.24, 2.45) is 0 Å². The van der Waals surface area contributed by atoms with E-state index in [1.807, 2.05) is 0 Å².